The van der Waals surface area contributed by atoms with Crippen LogP contribution in [-0.4, -0.2) is 26.2 Å². The molecule has 0 atom stereocenters. The van der Waals surface area contributed by atoms with E-state index in [1.165, 1.54) is 28.9 Å². The van der Waals surface area contributed by atoms with Crippen molar-refractivity contribution in [1.29, 1.82) is 0 Å². The van der Waals surface area contributed by atoms with Gasteiger partial charge >= 0.3 is 0 Å². The van der Waals surface area contributed by atoms with Gasteiger partial charge in [0.1, 0.15) is 0 Å². The van der Waals surface area contributed by atoms with E-state index in [1.54, 1.807) is 0 Å². The van der Waals surface area contributed by atoms with E-state index in [4.69, 9.17) is 4.74 Å². The Kier molecular flexibility index (Phi) is 4.98. The molecule has 0 amide bonds. The van der Waals surface area contributed by atoms with Crippen molar-refractivity contribution in [3.63, 3.8) is 0 Å². The van der Waals surface area contributed by atoms with Gasteiger partial charge in [0.15, 0.2) is 28.9 Å². The average molecular weight is 403 g/mol. The second kappa shape index (κ2) is 7.74. The van der Waals surface area contributed by atoms with Gasteiger partial charge in [0.05, 0.1) is 19.0 Å². The fraction of sp³-hybridized carbons (Fsp3) is 0.105. The summed E-state index contributed by atoms with van der Waals surface area (Å²) >= 11 is 0. The molecule has 4 rings (SSSR count). The number of nitrogens with one attached hydrogen (secondary N) is 1. The van der Waals surface area contributed by atoms with Gasteiger partial charge in [-0.15, -0.1) is 10.2 Å². The highest BCUT2D eigenvalue weighted by Gasteiger charge is 2.13. The van der Waals surface area contributed by atoms with Crippen molar-refractivity contribution in [3.8, 4) is 5.88 Å². The van der Waals surface area contributed by atoms with Gasteiger partial charge in [0.2, 0.25) is 11.8 Å². The molecular formula is C19H13F4N5O. The Balaban J connectivity index is 1.54. The van der Waals surface area contributed by atoms with E-state index in [0.717, 1.165) is 24.3 Å². The molecule has 2 aromatic carbocycles. The van der Waals surface area contributed by atoms with Crippen molar-refractivity contribution < 1.29 is 22.3 Å². The molecule has 6 nitrogen and oxygen atoms in total. The molecule has 0 bridgehead atoms. The summed E-state index contributed by atoms with van der Waals surface area (Å²) in [5.41, 5.74) is 1.19. The molecule has 0 spiro atoms. The number of benzene rings is 2. The van der Waals surface area contributed by atoms with Gasteiger partial charge < -0.3 is 10.1 Å². The highest BCUT2D eigenvalue weighted by Crippen LogP contribution is 2.22. The van der Waals surface area contributed by atoms with Gasteiger partial charge in [-0.05, 0) is 29.8 Å². The van der Waals surface area contributed by atoms with E-state index in [0.29, 0.717) is 17.6 Å². The summed E-state index contributed by atoms with van der Waals surface area (Å²) in [7, 11) is 0. The third kappa shape index (κ3) is 3.96. The molecule has 1 N–H and O–H groups in total. The largest absolute Gasteiger partial charge is 0.477 e. The van der Waals surface area contributed by atoms with E-state index >= 15 is 0 Å². The molecule has 0 aliphatic heterocycles. The average Bonchev–Trinajstić information content (AvgIpc) is 3.11. The first-order valence-corrected chi connectivity index (χ1v) is 8.49. The van der Waals surface area contributed by atoms with Gasteiger partial charge in [-0.2, -0.15) is 0 Å². The second-order valence-electron chi connectivity index (χ2n) is 6.06. The lowest BCUT2D eigenvalue weighted by Crippen LogP contribution is -2.07. The van der Waals surface area contributed by atoms with Crippen molar-refractivity contribution in [3.05, 3.63) is 77.6 Å². The van der Waals surface area contributed by atoms with E-state index < -0.39 is 23.3 Å². The Hall–Kier alpha value is -3.69. The quantitative estimate of drug-likeness (QED) is 0.492. The van der Waals surface area contributed by atoms with Crippen molar-refractivity contribution in [2.45, 2.75) is 6.42 Å². The number of rotatable bonds is 6. The molecule has 0 unspecified atom stereocenters. The number of anilines is 2. The van der Waals surface area contributed by atoms with Crippen LogP contribution in [0.2, 0.25) is 0 Å². The van der Waals surface area contributed by atoms with Crippen molar-refractivity contribution >= 4 is 17.3 Å². The monoisotopic (exact) mass is 403 g/mol. The van der Waals surface area contributed by atoms with Crippen LogP contribution in [0.1, 0.15) is 5.56 Å². The Morgan fingerprint density at radius 2 is 1.62 bits per heavy atom. The minimum absolute atomic E-state index is 0.147. The minimum Gasteiger partial charge on any atom is -0.477 e. The molecule has 148 valence electrons. The highest BCUT2D eigenvalue weighted by molar-refractivity contribution is 5.57. The highest BCUT2D eigenvalue weighted by atomic mass is 19.2. The molecule has 29 heavy (non-hydrogen) atoms. The van der Waals surface area contributed by atoms with Crippen LogP contribution < -0.4 is 10.1 Å². The summed E-state index contributed by atoms with van der Waals surface area (Å²) in [4.78, 5) is 4.01. The molecular weight excluding hydrogens is 390 g/mol. The smallest absolute Gasteiger partial charge is 0.236 e. The second-order valence-corrected chi connectivity index (χ2v) is 6.06. The lowest BCUT2D eigenvalue weighted by atomic mass is 10.1. The zero-order chi connectivity index (χ0) is 20.4. The van der Waals surface area contributed by atoms with Gasteiger partial charge in [0, 0.05) is 18.2 Å². The Bertz CT molecular complexity index is 1180. The molecule has 10 heteroatoms. The van der Waals surface area contributed by atoms with Crippen LogP contribution >= 0.6 is 0 Å². The molecule has 0 radical (unpaired) electrons. The number of hydrogen-bond donors (Lipinski definition) is 1. The van der Waals surface area contributed by atoms with E-state index in [1.807, 2.05) is 0 Å². The SMILES string of the molecule is Fc1ccc(CCOc2cncc3nnc(Nc4ccc(F)c(F)c4)n23)cc1F. The van der Waals surface area contributed by atoms with Crippen LogP contribution in [0.15, 0.2) is 48.8 Å². The molecule has 0 saturated carbocycles. The maximum Gasteiger partial charge on any atom is 0.236 e. The molecule has 0 aliphatic rings. The fourth-order valence-corrected chi connectivity index (χ4v) is 2.68. The lowest BCUT2D eigenvalue weighted by molar-refractivity contribution is 0.304. The number of fused-ring (bicyclic) bond motifs is 1. The molecule has 0 saturated heterocycles. The van der Waals surface area contributed by atoms with Crippen LogP contribution in [0.4, 0.5) is 29.2 Å². The number of ether oxygens (including phenoxy) is 1. The van der Waals surface area contributed by atoms with E-state index in [2.05, 4.69) is 20.5 Å². The normalized spacial score (nSPS) is 11.0. The maximum absolute atomic E-state index is 13.4. The number of nitrogens with zero attached hydrogens (tertiary/aromatic N) is 4. The zero-order valence-electron chi connectivity index (χ0n) is 14.7. The van der Waals surface area contributed by atoms with Crippen molar-refractivity contribution in [2.75, 3.05) is 11.9 Å². The summed E-state index contributed by atoms with van der Waals surface area (Å²) < 4.78 is 60.1. The zero-order valence-corrected chi connectivity index (χ0v) is 14.7. The molecule has 2 heterocycles. The predicted octanol–water partition coefficient (Wildman–Crippen LogP) is 4.05. The summed E-state index contributed by atoms with van der Waals surface area (Å²) in [5, 5.41) is 10.8. The molecule has 4 aromatic rings. The van der Waals surface area contributed by atoms with Crippen LogP contribution in [0.3, 0.4) is 0 Å². The first-order chi connectivity index (χ1) is 14.0. The van der Waals surface area contributed by atoms with Crippen molar-refractivity contribution in [1.82, 2.24) is 19.6 Å². The Labute approximate surface area is 161 Å². The molecule has 0 fully saturated rings. The van der Waals surface area contributed by atoms with Gasteiger partial charge in [0.25, 0.3) is 0 Å². The Morgan fingerprint density at radius 1 is 0.862 bits per heavy atom. The van der Waals surface area contributed by atoms with Crippen LogP contribution in [0.25, 0.3) is 5.65 Å². The fourth-order valence-electron chi connectivity index (χ4n) is 2.68. The summed E-state index contributed by atoms with van der Waals surface area (Å²) in [6, 6.07) is 6.95. The third-order valence-electron chi connectivity index (χ3n) is 4.08. The molecule has 0 aliphatic carbocycles. The number of hydrogen-bond acceptors (Lipinski definition) is 5. The summed E-state index contributed by atoms with van der Waals surface area (Å²) in [6.45, 7) is 0.147. The van der Waals surface area contributed by atoms with Gasteiger partial charge in [-0.1, -0.05) is 6.07 Å². The van der Waals surface area contributed by atoms with Crippen LogP contribution in [0, 0.1) is 23.3 Å². The lowest BCUT2D eigenvalue weighted by Gasteiger charge is -2.10. The third-order valence-corrected chi connectivity index (χ3v) is 4.08. The number of aromatic nitrogens is 4. The van der Waals surface area contributed by atoms with E-state index in [9.17, 15) is 17.6 Å². The topological polar surface area (TPSA) is 64.3 Å². The van der Waals surface area contributed by atoms with Crippen LogP contribution in [0.5, 0.6) is 5.88 Å². The Morgan fingerprint density at radius 3 is 2.38 bits per heavy atom. The van der Waals surface area contributed by atoms with E-state index in [-0.39, 0.29) is 24.1 Å². The van der Waals surface area contributed by atoms with Gasteiger partial charge in [-0.3, -0.25) is 4.98 Å². The number of halogens is 4. The maximum atomic E-state index is 13.4. The first-order valence-electron chi connectivity index (χ1n) is 8.49. The van der Waals surface area contributed by atoms with Gasteiger partial charge in [-0.25, -0.2) is 22.0 Å². The summed E-state index contributed by atoms with van der Waals surface area (Å²) in [6.07, 6.45) is 3.20. The predicted molar refractivity (Wildman–Crippen MR) is 96.0 cm³/mol. The van der Waals surface area contributed by atoms with Crippen LogP contribution in [-0.2, 0) is 6.42 Å². The van der Waals surface area contributed by atoms with Crippen molar-refractivity contribution in [2.24, 2.45) is 0 Å². The minimum atomic E-state index is -1.01. The summed E-state index contributed by atoms with van der Waals surface area (Å²) in [5.74, 6) is -3.33. The standard InChI is InChI=1S/C19H13F4N5O/c20-13-3-1-11(7-15(13)22)5-6-29-18-10-24-9-17-26-27-19(28(17)18)25-12-2-4-14(21)16(23)8-12/h1-4,7-10H,5-6H2,(H,25,27). The first kappa shape index (κ1) is 18.7. The molecule has 2 aromatic heterocycles.